The molecule has 1 saturated carbocycles. The molecule has 2 aliphatic rings. The zero-order valence-electron chi connectivity index (χ0n) is 9.38. The molecule has 1 aliphatic carbocycles. The van der Waals surface area contributed by atoms with E-state index in [1.54, 1.807) is 10.4 Å². The molecule has 1 aliphatic heterocycles. The second-order valence-corrected chi connectivity index (χ2v) is 6.05. The first-order valence-corrected chi connectivity index (χ1v) is 7.00. The highest BCUT2D eigenvalue weighted by molar-refractivity contribution is 7.10. The molecule has 2 heterocycles. The lowest BCUT2D eigenvalue weighted by atomic mass is 9.79. The van der Waals surface area contributed by atoms with Gasteiger partial charge in [-0.2, -0.15) is 0 Å². The molecule has 1 atom stereocenters. The van der Waals surface area contributed by atoms with E-state index in [2.05, 4.69) is 23.7 Å². The van der Waals surface area contributed by atoms with Crippen LogP contribution >= 0.6 is 11.3 Å². The van der Waals surface area contributed by atoms with Crippen LogP contribution in [0.1, 0.15) is 43.0 Å². The second-order valence-electron chi connectivity index (χ2n) is 5.14. The van der Waals surface area contributed by atoms with E-state index < -0.39 is 0 Å². The smallest absolute Gasteiger partial charge is 0.0531 e. The van der Waals surface area contributed by atoms with Crippen molar-refractivity contribution in [2.24, 2.45) is 5.92 Å². The van der Waals surface area contributed by atoms with E-state index in [9.17, 15) is 0 Å². The molecule has 0 radical (unpaired) electrons. The van der Waals surface area contributed by atoms with Gasteiger partial charge >= 0.3 is 0 Å². The van der Waals surface area contributed by atoms with Crippen molar-refractivity contribution in [1.29, 1.82) is 0 Å². The maximum absolute atomic E-state index is 3.79. The van der Waals surface area contributed by atoms with Gasteiger partial charge in [-0.15, -0.1) is 11.3 Å². The van der Waals surface area contributed by atoms with Crippen LogP contribution in [-0.2, 0) is 12.0 Å². The summed E-state index contributed by atoms with van der Waals surface area (Å²) in [6, 6.07) is 2.33. The number of fused-ring (bicyclic) bond motifs is 1. The minimum atomic E-state index is 0.290. The molecule has 2 heteroatoms. The van der Waals surface area contributed by atoms with E-state index in [-0.39, 0.29) is 5.54 Å². The summed E-state index contributed by atoms with van der Waals surface area (Å²) in [5.41, 5.74) is 1.89. The van der Waals surface area contributed by atoms with Crippen LogP contribution in [0.5, 0.6) is 0 Å². The molecule has 1 nitrogen and oxygen atoms in total. The standard InChI is InChI=1S/C13H19NS/c1-13(11-4-2-3-5-11)12-10(6-8-14-13)7-9-15-12/h7,9,11,14H,2-6,8H2,1H3. The lowest BCUT2D eigenvalue weighted by molar-refractivity contribution is 0.229. The summed E-state index contributed by atoms with van der Waals surface area (Å²) < 4.78 is 0. The Bertz CT molecular complexity index is 351. The van der Waals surface area contributed by atoms with Crippen molar-refractivity contribution in [1.82, 2.24) is 5.32 Å². The first-order chi connectivity index (χ1) is 7.31. The molecular weight excluding hydrogens is 202 g/mol. The minimum Gasteiger partial charge on any atom is -0.306 e. The van der Waals surface area contributed by atoms with E-state index in [1.165, 1.54) is 32.1 Å². The highest BCUT2D eigenvalue weighted by Crippen LogP contribution is 2.44. The number of hydrogen-bond acceptors (Lipinski definition) is 2. The fourth-order valence-electron chi connectivity index (χ4n) is 3.36. The third kappa shape index (κ3) is 1.46. The predicted molar refractivity (Wildman–Crippen MR) is 65.3 cm³/mol. The quantitative estimate of drug-likeness (QED) is 0.767. The predicted octanol–water partition coefficient (Wildman–Crippen LogP) is 3.30. The van der Waals surface area contributed by atoms with Crippen LogP contribution in [-0.4, -0.2) is 6.54 Å². The fraction of sp³-hybridized carbons (Fsp3) is 0.692. The average molecular weight is 221 g/mol. The number of nitrogens with one attached hydrogen (secondary N) is 1. The Morgan fingerprint density at radius 2 is 2.20 bits per heavy atom. The van der Waals surface area contributed by atoms with E-state index in [1.807, 2.05) is 11.3 Å². The number of thiophene rings is 1. The molecule has 1 fully saturated rings. The summed E-state index contributed by atoms with van der Waals surface area (Å²) in [7, 11) is 0. The Labute approximate surface area is 95.9 Å². The second kappa shape index (κ2) is 3.60. The van der Waals surface area contributed by atoms with Gasteiger partial charge in [0, 0.05) is 11.4 Å². The Hall–Kier alpha value is -0.340. The van der Waals surface area contributed by atoms with Crippen molar-refractivity contribution in [3.8, 4) is 0 Å². The molecule has 82 valence electrons. The van der Waals surface area contributed by atoms with Gasteiger partial charge in [0.15, 0.2) is 0 Å². The van der Waals surface area contributed by atoms with Crippen LogP contribution in [0.3, 0.4) is 0 Å². The molecule has 1 aromatic rings. The minimum absolute atomic E-state index is 0.290. The molecule has 3 rings (SSSR count). The third-order valence-electron chi connectivity index (χ3n) is 4.28. The van der Waals surface area contributed by atoms with Crippen LogP contribution in [0.25, 0.3) is 0 Å². The molecule has 0 aromatic carbocycles. The fourth-order valence-corrected chi connectivity index (χ4v) is 4.53. The molecule has 0 spiro atoms. The van der Waals surface area contributed by atoms with Gasteiger partial charge in [-0.1, -0.05) is 12.8 Å². The monoisotopic (exact) mass is 221 g/mol. The molecule has 1 aromatic heterocycles. The number of hydrogen-bond donors (Lipinski definition) is 1. The maximum Gasteiger partial charge on any atom is 0.0531 e. The van der Waals surface area contributed by atoms with E-state index in [0.29, 0.717) is 0 Å². The van der Waals surface area contributed by atoms with Gasteiger partial charge < -0.3 is 5.32 Å². The molecule has 15 heavy (non-hydrogen) atoms. The normalized spacial score (nSPS) is 31.8. The third-order valence-corrected chi connectivity index (χ3v) is 5.47. The molecule has 0 saturated heterocycles. The summed E-state index contributed by atoms with van der Waals surface area (Å²) >= 11 is 1.96. The Balaban J connectivity index is 1.99. The van der Waals surface area contributed by atoms with Gasteiger partial charge in [0.05, 0.1) is 5.54 Å². The zero-order valence-corrected chi connectivity index (χ0v) is 10.2. The first kappa shape index (κ1) is 9.86. The van der Waals surface area contributed by atoms with Crippen molar-refractivity contribution in [3.05, 3.63) is 21.9 Å². The number of rotatable bonds is 1. The highest BCUT2D eigenvalue weighted by Gasteiger charge is 2.40. The lowest BCUT2D eigenvalue weighted by Gasteiger charge is -2.40. The van der Waals surface area contributed by atoms with Crippen molar-refractivity contribution in [2.45, 2.75) is 44.6 Å². The molecule has 0 bridgehead atoms. The van der Waals surface area contributed by atoms with E-state index in [4.69, 9.17) is 0 Å². The van der Waals surface area contributed by atoms with Crippen LogP contribution in [0, 0.1) is 5.92 Å². The molecule has 1 unspecified atom stereocenters. The molecule has 1 N–H and O–H groups in total. The van der Waals surface area contributed by atoms with Crippen molar-refractivity contribution >= 4 is 11.3 Å². The van der Waals surface area contributed by atoms with Crippen LogP contribution < -0.4 is 5.32 Å². The summed E-state index contributed by atoms with van der Waals surface area (Å²) in [5, 5.41) is 6.06. The Morgan fingerprint density at radius 3 is 3.00 bits per heavy atom. The van der Waals surface area contributed by atoms with Gasteiger partial charge in [-0.3, -0.25) is 0 Å². The summed E-state index contributed by atoms with van der Waals surface area (Å²) in [5.74, 6) is 0.871. The van der Waals surface area contributed by atoms with Gasteiger partial charge in [-0.25, -0.2) is 0 Å². The zero-order chi connectivity index (χ0) is 10.3. The summed E-state index contributed by atoms with van der Waals surface area (Å²) in [4.78, 5) is 1.63. The van der Waals surface area contributed by atoms with Crippen molar-refractivity contribution in [2.75, 3.05) is 6.54 Å². The van der Waals surface area contributed by atoms with Crippen LogP contribution in [0.4, 0.5) is 0 Å². The average Bonchev–Trinajstić information content (AvgIpc) is 2.89. The van der Waals surface area contributed by atoms with Crippen LogP contribution in [0.2, 0.25) is 0 Å². The Morgan fingerprint density at radius 1 is 1.40 bits per heavy atom. The highest BCUT2D eigenvalue weighted by atomic mass is 32.1. The maximum atomic E-state index is 3.79. The van der Waals surface area contributed by atoms with Gasteiger partial charge in [0.25, 0.3) is 0 Å². The summed E-state index contributed by atoms with van der Waals surface area (Å²) in [6.45, 7) is 3.59. The van der Waals surface area contributed by atoms with E-state index >= 15 is 0 Å². The molecule has 0 amide bonds. The largest absolute Gasteiger partial charge is 0.306 e. The van der Waals surface area contributed by atoms with Gasteiger partial charge in [0.1, 0.15) is 0 Å². The lowest BCUT2D eigenvalue weighted by Crippen LogP contribution is -2.48. The Kier molecular flexibility index (Phi) is 2.37. The van der Waals surface area contributed by atoms with Crippen LogP contribution in [0.15, 0.2) is 11.4 Å². The van der Waals surface area contributed by atoms with E-state index in [0.717, 1.165) is 12.5 Å². The van der Waals surface area contributed by atoms with Gasteiger partial charge in [0.2, 0.25) is 0 Å². The van der Waals surface area contributed by atoms with Gasteiger partial charge in [-0.05, 0) is 49.1 Å². The summed E-state index contributed by atoms with van der Waals surface area (Å²) in [6.07, 6.45) is 6.92. The SMILES string of the molecule is CC1(C2CCCC2)NCCc2ccsc21. The molecular formula is C13H19NS. The van der Waals surface area contributed by atoms with Crippen molar-refractivity contribution in [3.63, 3.8) is 0 Å². The van der Waals surface area contributed by atoms with Crippen molar-refractivity contribution < 1.29 is 0 Å². The topological polar surface area (TPSA) is 12.0 Å². The first-order valence-electron chi connectivity index (χ1n) is 6.12.